The van der Waals surface area contributed by atoms with E-state index in [0.29, 0.717) is 6.61 Å². The van der Waals surface area contributed by atoms with Gasteiger partial charge in [0.15, 0.2) is 0 Å². The number of benzene rings is 1. The summed E-state index contributed by atoms with van der Waals surface area (Å²) < 4.78 is 5.16. The first-order valence-electron chi connectivity index (χ1n) is 7.26. The molecule has 0 aromatic heterocycles. The molecule has 1 N–H and O–H groups in total. The largest absolute Gasteiger partial charge is 0.380 e. The van der Waals surface area contributed by atoms with Crippen LogP contribution in [0.5, 0.6) is 0 Å². The Hall–Kier alpha value is -1.88. The summed E-state index contributed by atoms with van der Waals surface area (Å²) in [7, 11) is 1.63. The molecule has 114 valence electrons. The first-order chi connectivity index (χ1) is 10.1. The number of imide groups is 1. The maximum atomic E-state index is 12.4. The van der Waals surface area contributed by atoms with Gasteiger partial charge in [0, 0.05) is 7.11 Å². The molecule has 2 atom stereocenters. The molecule has 1 aliphatic rings. The number of nitrogens with zero attached hydrogens (tertiary/aromatic N) is 1. The maximum Gasteiger partial charge on any atom is 0.325 e. The van der Waals surface area contributed by atoms with Crippen molar-refractivity contribution in [3.8, 4) is 0 Å². The van der Waals surface area contributed by atoms with Crippen molar-refractivity contribution >= 4 is 11.9 Å². The molecule has 0 unspecified atom stereocenters. The van der Waals surface area contributed by atoms with Crippen LogP contribution in [0.25, 0.3) is 0 Å². The number of carbonyl (C=O) groups is 2. The van der Waals surface area contributed by atoms with Crippen molar-refractivity contribution in [2.45, 2.75) is 39.5 Å². The van der Waals surface area contributed by atoms with E-state index in [2.05, 4.69) is 5.32 Å². The minimum atomic E-state index is -0.405. The van der Waals surface area contributed by atoms with Crippen molar-refractivity contribution < 1.29 is 14.3 Å². The Balaban J connectivity index is 2.16. The number of hydrogen-bond donors (Lipinski definition) is 1. The molecule has 1 aliphatic heterocycles. The number of carbonyl (C=O) groups excluding carboxylic acids is 2. The Morgan fingerprint density at radius 1 is 1.29 bits per heavy atom. The highest BCUT2D eigenvalue weighted by atomic mass is 16.5. The van der Waals surface area contributed by atoms with Crippen LogP contribution in [0.1, 0.15) is 31.4 Å². The predicted octanol–water partition coefficient (Wildman–Crippen LogP) is 2.30. The Labute approximate surface area is 125 Å². The number of nitrogens with one attached hydrogen (secondary N) is 1. The van der Waals surface area contributed by atoms with Gasteiger partial charge in [-0.25, -0.2) is 4.79 Å². The monoisotopic (exact) mass is 290 g/mol. The van der Waals surface area contributed by atoms with Crippen molar-refractivity contribution in [1.82, 2.24) is 10.2 Å². The molecule has 21 heavy (non-hydrogen) atoms. The molecule has 0 spiro atoms. The minimum Gasteiger partial charge on any atom is -0.380 e. The lowest BCUT2D eigenvalue weighted by Gasteiger charge is -2.17. The maximum absolute atomic E-state index is 12.4. The number of ether oxygens (including phenoxy) is 1. The van der Waals surface area contributed by atoms with E-state index >= 15 is 0 Å². The third-order valence-corrected chi connectivity index (χ3v) is 4.02. The number of methoxy groups -OCH3 is 1. The van der Waals surface area contributed by atoms with Gasteiger partial charge in [-0.3, -0.25) is 9.69 Å². The molecule has 0 aliphatic carbocycles. The Morgan fingerprint density at radius 2 is 1.95 bits per heavy atom. The average molecular weight is 290 g/mol. The number of amides is 3. The van der Waals surface area contributed by atoms with Crippen LogP contribution in [0.2, 0.25) is 0 Å². The molecule has 1 fully saturated rings. The summed E-state index contributed by atoms with van der Waals surface area (Å²) in [6, 6.07) is 6.98. The van der Waals surface area contributed by atoms with Gasteiger partial charge in [0.1, 0.15) is 6.04 Å². The summed E-state index contributed by atoms with van der Waals surface area (Å²) in [4.78, 5) is 25.7. The Morgan fingerprint density at radius 3 is 2.57 bits per heavy atom. The lowest BCUT2D eigenvalue weighted by Crippen LogP contribution is -2.35. The van der Waals surface area contributed by atoms with Crippen LogP contribution in [0, 0.1) is 5.92 Å². The van der Waals surface area contributed by atoms with Crippen LogP contribution in [0.15, 0.2) is 24.3 Å². The highest BCUT2D eigenvalue weighted by molar-refractivity contribution is 6.04. The van der Waals surface area contributed by atoms with Gasteiger partial charge in [0.2, 0.25) is 0 Å². The first-order valence-corrected chi connectivity index (χ1v) is 7.26. The minimum absolute atomic E-state index is 0.137. The highest BCUT2D eigenvalue weighted by Crippen LogP contribution is 2.20. The summed E-state index contributed by atoms with van der Waals surface area (Å²) in [5.74, 6) is 0.00207. The van der Waals surface area contributed by atoms with E-state index in [1.807, 2.05) is 38.1 Å². The summed E-state index contributed by atoms with van der Waals surface area (Å²) in [6.45, 7) is 4.75. The molecule has 5 nitrogen and oxygen atoms in total. The van der Waals surface area contributed by atoms with Crippen LogP contribution in [0.4, 0.5) is 4.79 Å². The van der Waals surface area contributed by atoms with Gasteiger partial charge < -0.3 is 10.1 Å². The fourth-order valence-corrected chi connectivity index (χ4v) is 2.49. The molecule has 0 radical (unpaired) electrons. The standard InChI is InChI=1S/C16H22N2O3/c1-4-11(2)14-15(19)18(16(20)17-14)9-12-7-5-6-8-13(12)10-21-3/h5-8,11,14H,4,9-10H2,1-3H3,(H,17,20)/t11-,14-/m0/s1. The smallest absolute Gasteiger partial charge is 0.325 e. The summed E-state index contributed by atoms with van der Waals surface area (Å²) >= 11 is 0. The normalized spacial score (nSPS) is 19.8. The summed E-state index contributed by atoms with van der Waals surface area (Å²) in [5, 5.41) is 2.78. The molecule has 3 amide bonds. The van der Waals surface area contributed by atoms with Crippen molar-refractivity contribution in [2.24, 2.45) is 5.92 Å². The molecule has 0 bridgehead atoms. The van der Waals surface area contributed by atoms with E-state index in [9.17, 15) is 9.59 Å². The molecule has 1 aromatic carbocycles. The SMILES string of the molecule is CC[C@H](C)[C@@H]1NC(=O)N(Cc2ccccc2COC)C1=O. The van der Waals surface area contributed by atoms with Crippen molar-refractivity contribution in [2.75, 3.05) is 7.11 Å². The highest BCUT2D eigenvalue weighted by Gasteiger charge is 2.40. The van der Waals surface area contributed by atoms with E-state index in [1.54, 1.807) is 7.11 Å². The Bertz CT molecular complexity index is 530. The molecule has 5 heteroatoms. The second-order valence-corrected chi connectivity index (χ2v) is 5.44. The van der Waals surface area contributed by atoms with Crippen molar-refractivity contribution in [1.29, 1.82) is 0 Å². The van der Waals surface area contributed by atoms with Crippen LogP contribution < -0.4 is 5.32 Å². The van der Waals surface area contributed by atoms with Gasteiger partial charge in [-0.05, 0) is 17.0 Å². The first kappa shape index (κ1) is 15.5. The molecule has 1 aromatic rings. The molecular weight excluding hydrogens is 268 g/mol. The van der Waals surface area contributed by atoms with Crippen LogP contribution in [-0.2, 0) is 22.7 Å². The predicted molar refractivity (Wildman–Crippen MR) is 79.5 cm³/mol. The quantitative estimate of drug-likeness (QED) is 0.818. The van der Waals surface area contributed by atoms with Gasteiger partial charge in [-0.1, -0.05) is 44.5 Å². The Kier molecular flexibility index (Phi) is 4.96. The van der Waals surface area contributed by atoms with E-state index in [4.69, 9.17) is 4.74 Å². The fourth-order valence-electron chi connectivity index (χ4n) is 2.49. The average Bonchev–Trinajstić information content (AvgIpc) is 2.76. The fraction of sp³-hybridized carbons (Fsp3) is 0.500. The third-order valence-electron chi connectivity index (χ3n) is 4.02. The number of rotatable bonds is 6. The second-order valence-electron chi connectivity index (χ2n) is 5.44. The van der Waals surface area contributed by atoms with Crippen LogP contribution in [-0.4, -0.2) is 30.0 Å². The molecule has 1 heterocycles. The summed E-state index contributed by atoms with van der Waals surface area (Å²) in [5.41, 5.74) is 1.93. The van der Waals surface area contributed by atoms with Crippen molar-refractivity contribution in [3.05, 3.63) is 35.4 Å². The lowest BCUT2D eigenvalue weighted by atomic mass is 9.99. The second kappa shape index (κ2) is 6.72. The van der Waals surface area contributed by atoms with Gasteiger partial charge in [-0.2, -0.15) is 0 Å². The zero-order valence-corrected chi connectivity index (χ0v) is 12.8. The van der Waals surface area contributed by atoms with Gasteiger partial charge in [0.05, 0.1) is 13.2 Å². The molecule has 2 rings (SSSR count). The van der Waals surface area contributed by atoms with E-state index in [0.717, 1.165) is 17.5 Å². The van der Waals surface area contributed by atoms with Gasteiger partial charge in [0.25, 0.3) is 5.91 Å². The summed E-state index contributed by atoms with van der Waals surface area (Å²) in [6.07, 6.45) is 0.852. The number of hydrogen-bond acceptors (Lipinski definition) is 3. The lowest BCUT2D eigenvalue weighted by molar-refractivity contribution is -0.128. The topological polar surface area (TPSA) is 58.6 Å². The molecular formula is C16H22N2O3. The van der Waals surface area contributed by atoms with Gasteiger partial charge >= 0.3 is 6.03 Å². The van der Waals surface area contributed by atoms with Crippen molar-refractivity contribution in [3.63, 3.8) is 0 Å². The van der Waals surface area contributed by atoms with Crippen LogP contribution >= 0.6 is 0 Å². The van der Waals surface area contributed by atoms with Crippen LogP contribution in [0.3, 0.4) is 0 Å². The third kappa shape index (κ3) is 3.24. The van der Waals surface area contributed by atoms with E-state index in [1.165, 1.54) is 4.90 Å². The molecule has 0 saturated carbocycles. The van der Waals surface area contributed by atoms with E-state index < -0.39 is 6.04 Å². The zero-order valence-electron chi connectivity index (χ0n) is 12.8. The molecule has 1 saturated heterocycles. The number of urea groups is 1. The van der Waals surface area contributed by atoms with Gasteiger partial charge in [-0.15, -0.1) is 0 Å². The zero-order chi connectivity index (χ0) is 15.4. The van der Waals surface area contributed by atoms with E-state index in [-0.39, 0.29) is 24.4 Å².